The number of carbonyl (C=O) groups excluding carboxylic acids is 1. The van der Waals surface area contributed by atoms with Gasteiger partial charge in [0.1, 0.15) is 6.54 Å². The third-order valence-corrected chi connectivity index (χ3v) is 6.08. The summed E-state index contributed by atoms with van der Waals surface area (Å²) in [5, 5.41) is 7.39. The van der Waals surface area contributed by atoms with Crippen LogP contribution in [0.1, 0.15) is 36.1 Å². The van der Waals surface area contributed by atoms with Crippen LogP contribution in [0, 0.1) is 0 Å². The predicted octanol–water partition coefficient (Wildman–Crippen LogP) is 2.11. The van der Waals surface area contributed by atoms with E-state index in [1.807, 2.05) is 36.5 Å². The molecule has 32 heavy (non-hydrogen) atoms. The van der Waals surface area contributed by atoms with Gasteiger partial charge in [-0.2, -0.15) is 5.10 Å². The second-order valence-corrected chi connectivity index (χ2v) is 8.35. The lowest BCUT2D eigenvalue weighted by Gasteiger charge is -2.28. The SMILES string of the molecule is O=C(Cn1nc2c(cc1=O)CCc1nc(N3CCCCC3)ncc1-2)NCc1ccccc1. The van der Waals surface area contributed by atoms with Crippen LogP contribution in [-0.4, -0.2) is 38.7 Å². The Morgan fingerprint density at radius 1 is 1.06 bits per heavy atom. The van der Waals surface area contributed by atoms with Gasteiger partial charge in [0, 0.05) is 37.5 Å². The summed E-state index contributed by atoms with van der Waals surface area (Å²) < 4.78 is 1.23. The van der Waals surface area contributed by atoms with Gasteiger partial charge in [-0.05, 0) is 43.2 Å². The Labute approximate surface area is 186 Å². The Morgan fingerprint density at radius 3 is 2.69 bits per heavy atom. The maximum Gasteiger partial charge on any atom is 0.267 e. The fraction of sp³-hybridized carbons (Fsp3) is 0.375. The summed E-state index contributed by atoms with van der Waals surface area (Å²) in [6.07, 6.45) is 6.89. The standard InChI is InChI=1S/C24H26N6O2/c31-21(25-14-17-7-3-1-4-8-17)16-30-22(32)13-18-9-10-20-19(23(18)28-30)15-26-24(27-20)29-11-5-2-6-12-29/h1,3-4,7-8,13,15H,2,5-6,9-12,14,16H2,(H,25,31). The van der Waals surface area contributed by atoms with Gasteiger partial charge in [0.2, 0.25) is 11.9 Å². The molecular weight excluding hydrogens is 404 g/mol. The van der Waals surface area contributed by atoms with Crippen molar-refractivity contribution in [3.63, 3.8) is 0 Å². The molecule has 0 atom stereocenters. The van der Waals surface area contributed by atoms with Gasteiger partial charge >= 0.3 is 0 Å². The molecule has 0 radical (unpaired) electrons. The molecule has 1 aromatic carbocycles. The molecule has 1 N–H and O–H groups in total. The van der Waals surface area contributed by atoms with Crippen molar-refractivity contribution in [1.82, 2.24) is 25.1 Å². The molecule has 3 heterocycles. The molecule has 1 aliphatic heterocycles. The van der Waals surface area contributed by atoms with E-state index >= 15 is 0 Å². The first-order chi connectivity index (χ1) is 15.7. The highest BCUT2D eigenvalue weighted by Crippen LogP contribution is 2.30. The number of amides is 1. The molecule has 8 nitrogen and oxygen atoms in total. The zero-order valence-corrected chi connectivity index (χ0v) is 18.0. The molecule has 1 amide bonds. The second kappa shape index (κ2) is 8.90. The van der Waals surface area contributed by atoms with E-state index in [9.17, 15) is 9.59 Å². The molecule has 3 aromatic rings. The number of aryl methyl sites for hydroxylation is 2. The number of aromatic nitrogens is 4. The van der Waals surface area contributed by atoms with Gasteiger partial charge in [-0.3, -0.25) is 9.59 Å². The van der Waals surface area contributed by atoms with E-state index in [4.69, 9.17) is 4.98 Å². The van der Waals surface area contributed by atoms with Crippen LogP contribution in [0.2, 0.25) is 0 Å². The first-order valence-corrected chi connectivity index (χ1v) is 11.2. The molecule has 0 saturated carbocycles. The summed E-state index contributed by atoms with van der Waals surface area (Å²) in [5.74, 6) is 0.525. The maximum absolute atomic E-state index is 12.6. The van der Waals surface area contributed by atoms with E-state index < -0.39 is 0 Å². The summed E-state index contributed by atoms with van der Waals surface area (Å²) >= 11 is 0. The lowest BCUT2D eigenvalue weighted by molar-refractivity contribution is -0.122. The maximum atomic E-state index is 12.6. The van der Waals surface area contributed by atoms with Crippen molar-refractivity contribution in [3.8, 4) is 11.3 Å². The molecule has 1 saturated heterocycles. The topological polar surface area (TPSA) is 93.0 Å². The van der Waals surface area contributed by atoms with Crippen molar-refractivity contribution in [2.24, 2.45) is 0 Å². The van der Waals surface area contributed by atoms with E-state index in [0.29, 0.717) is 18.7 Å². The Morgan fingerprint density at radius 2 is 1.88 bits per heavy atom. The van der Waals surface area contributed by atoms with Crippen LogP contribution in [0.5, 0.6) is 0 Å². The van der Waals surface area contributed by atoms with E-state index in [2.05, 4.69) is 20.3 Å². The molecule has 2 aliphatic rings. The van der Waals surface area contributed by atoms with Crippen molar-refractivity contribution in [1.29, 1.82) is 0 Å². The van der Waals surface area contributed by atoms with Gasteiger partial charge in [0.25, 0.3) is 5.56 Å². The van der Waals surface area contributed by atoms with Gasteiger partial charge < -0.3 is 10.2 Å². The highest BCUT2D eigenvalue weighted by Gasteiger charge is 2.23. The molecule has 5 rings (SSSR count). The van der Waals surface area contributed by atoms with Crippen molar-refractivity contribution in [2.45, 2.75) is 45.2 Å². The third kappa shape index (κ3) is 4.26. The molecular formula is C24H26N6O2. The lowest BCUT2D eigenvalue weighted by Crippen LogP contribution is -2.34. The summed E-state index contributed by atoms with van der Waals surface area (Å²) in [6.45, 7) is 2.27. The zero-order valence-electron chi connectivity index (χ0n) is 18.0. The number of benzene rings is 1. The Kier molecular flexibility index (Phi) is 5.66. The highest BCUT2D eigenvalue weighted by atomic mass is 16.2. The van der Waals surface area contributed by atoms with Crippen LogP contribution in [0.15, 0.2) is 47.4 Å². The number of carbonyl (C=O) groups is 1. The lowest BCUT2D eigenvalue weighted by atomic mass is 9.94. The monoisotopic (exact) mass is 430 g/mol. The van der Waals surface area contributed by atoms with Crippen LogP contribution >= 0.6 is 0 Å². The molecule has 164 valence electrons. The van der Waals surface area contributed by atoms with E-state index in [1.54, 1.807) is 6.07 Å². The Bertz CT molecular complexity index is 1180. The number of hydrogen-bond acceptors (Lipinski definition) is 6. The quantitative estimate of drug-likeness (QED) is 0.666. The fourth-order valence-corrected chi connectivity index (χ4v) is 4.34. The third-order valence-electron chi connectivity index (χ3n) is 6.08. The van der Waals surface area contributed by atoms with Crippen LogP contribution in [0.25, 0.3) is 11.3 Å². The number of anilines is 1. The van der Waals surface area contributed by atoms with Gasteiger partial charge in [0.05, 0.1) is 11.4 Å². The average Bonchev–Trinajstić information content (AvgIpc) is 2.84. The van der Waals surface area contributed by atoms with Crippen molar-refractivity contribution < 1.29 is 4.79 Å². The molecule has 0 bridgehead atoms. The van der Waals surface area contributed by atoms with Gasteiger partial charge in [0.15, 0.2) is 0 Å². The normalized spacial score (nSPS) is 15.1. The van der Waals surface area contributed by atoms with Gasteiger partial charge in [-0.25, -0.2) is 14.6 Å². The van der Waals surface area contributed by atoms with Gasteiger partial charge in [-0.15, -0.1) is 0 Å². The number of rotatable bonds is 5. The van der Waals surface area contributed by atoms with E-state index in [1.165, 1.54) is 23.9 Å². The van der Waals surface area contributed by atoms with Crippen LogP contribution < -0.4 is 15.8 Å². The molecule has 8 heteroatoms. The molecule has 1 fully saturated rings. The van der Waals surface area contributed by atoms with E-state index in [0.717, 1.165) is 47.8 Å². The predicted molar refractivity (Wildman–Crippen MR) is 121 cm³/mol. The number of nitrogens with zero attached hydrogens (tertiary/aromatic N) is 5. The zero-order chi connectivity index (χ0) is 21.9. The number of piperidine rings is 1. The van der Waals surface area contributed by atoms with Crippen molar-refractivity contribution in [2.75, 3.05) is 18.0 Å². The number of hydrogen-bond donors (Lipinski definition) is 1. The van der Waals surface area contributed by atoms with Crippen molar-refractivity contribution in [3.05, 3.63) is 69.8 Å². The summed E-state index contributed by atoms with van der Waals surface area (Å²) in [7, 11) is 0. The number of nitrogens with one attached hydrogen (secondary N) is 1. The van der Waals surface area contributed by atoms with Crippen LogP contribution in [-0.2, 0) is 30.7 Å². The second-order valence-electron chi connectivity index (χ2n) is 8.35. The van der Waals surface area contributed by atoms with Gasteiger partial charge in [-0.1, -0.05) is 30.3 Å². The fourth-order valence-electron chi connectivity index (χ4n) is 4.34. The van der Waals surface area contributed by atoms with Crippen molar-refractivity contribution >= 4 is 11.9 Å². The summed E-state index contributed by atoms with van der Waals surface area (Å²) in [5.41, 5.74) is 4.13. The minimum absolute atomic E-state index is 0.124. The molecule has 0 spiro atoms. The Hall–Kier alpha value is -3.55. The molecule has 0 unspecified atom stereocenters. The minimum atomic E-state index is -0.270. The Balaban J connectivity index is 1.36. The summed E-state index contributed by atoms with van der Waals surface area (Å²) in [4.78, 5) is 36.6. The molecule has 1 aliphatic carbocycles. The average molecular weight is 431 g/mol. The smallest absolute Gasteiger partial charge is 0.267 e. The largest absolute Gasteiger partial charge is 0.350 e. The summed E-state index contributed by atoms with van der Waals surface area (Å²) in [6, 6.07) is 11.3. The van der Waals surface area contributed by atoms with Crippen LogP contribution in [0.3, 0.4) is 0 Å². The first-order valence-electron chi connectivity index (χ1n) is 11.2. The highest BCUT2D eigenvalue weighted by molar-refractivity contribution is 5.75. The molecule has 2 aromatic heterocycles. The minimum Gasteiger partial charge on any atom is -0.350 e. The van der Waals surface area contributed by atoms with Crippen LogP contribution in [0.4, 0.5) is 5.95 Å². The number of fused-ring (bicyclic) bond motifs is 3. The first kappa shape index (κ1) is 20.4. The van der Waals surface area contributed by atoms with E-state index in [-0.39, 0.29) is 18.0 Å².